The van der Waals surface area contributed by atoms with E-state index >= 15 is 0 Å². The van der Waals surface area contributed by atoms with E-state index in [1.165, 1.54) is 31.2 Å². The second-order valence-corrected chi connectivity index (χ2v) is 5.29. The molecule has 25 heavy (non-hydrogen) atoms. The number of rotatable bonds is 6. The maximum atomic E-state index is 12.8. The standard InChI is InChI=1S/C18H19FN2O4/c1-12(25-16-8-6-15(19)7-9-16)17(22)20-21-18(23)14-5-3-4-13(10-14)11-24-2/h3-10,12H,11H2,1-2H3,(H,20,22)(H,21,23)/t12-/m1/s1. The van der Waals surface area contributed by atoms with Crippen LogP contribution >= 0.6 is 0 Å². The summed E-state index contributed by atoms with van der Waals surface area (Å²) in [5.74, 6) is -1.04. The van der Waals surface area contributed by atoms with Crippen molar-refractivity contribution in [2.75, 3.05) is 7.11 Å². The molecule has 2 amide bonds. The summed E-state index contributed by atoms with van der Waals surface area (Å²) >= 11 is 0. The van der Waals surface area contributed by atoms with Crippen molar-refractivity contribution in [2.45, 2.75) is 19.6 Å². The minimum atomic E-state index is -0.870. The van der Waals surface area contributed by atoms with Crippen LogP contribution in [0.4, 0.5) is 4.39 Å². The monoisotopic (exact) mass is 346 g/mol. The van der Waals surface area contributed by atoms with Gasteiger partial charge >= 0.3 is 0 Å². The molecule has 0 bridgehead atoms. The zero-order chi connectivity index (χ0) is 18.2. The first-order valence-corrected chi connectivity index (χ1v) is 7.60. The summed E-state index contributed by atoms with van der Waals surface area (Å²) in [6.45, 7) is 1.90. The number of nitrogens with one attached hydrogen (secondary N) is 2. The van der Waals surface area contributed by atoms with Crippen molar-refractivity contribution >= 4 is 11.8 Å². The van der Waals surface area contributed by atoms with Crippen LogP contribution in [0.2, 0.25) is 0 Å². The summed E-state index contributed by atoms with van der Waals surface area (Å²) in [7, 11) is 1.56. The molecule has 0 aromatic heterocycles. The Morgan fingerprint density at radius 3 is 2.52 bits per heavy atom. The Morgan fingerprint density at radius 1 is 1.12 bits per heavy atom. The van der Waals surface area contributed by atoms with Gasteiger partial charge in [0.1, 0.15) is 11.6 Å². The van der Waals surface area contributed by atoms with Gasteiger partial charge in [-0.25, -0.2) is 4.39 Å². The summed E-state index contributed by atoms with van der Waals surface area (Å²) in [5.41, 5.74) is 5.85. The first kappa shape index (κ1) is 18.4. The molecule has 2 aromatic carbocycles. The molecule has 0 saturated heterocycles. The van der Waals surface area contributed by atoms with Crippen LogP contribution in [0.3, 0.4) is 0 Å². The lowest BCUT2D eigenvalue weighted by atomic mass is 10.1. The van der Waals surface area contributed by atoms with Crippen molar-refractivity contribution in [3.05, 3.63) is 65.5 Å². The van der Waals surface area contributed by atoms with E-state index < -0.39 is 23.7 Å². The fourth-order valence-corrected chi connectivity index (χ4v) is 2.03. The fourth-order valence-electron chi connectivity index (χ4n) is 2.03. The zero-order valence-corrected chi connectivity index (χ0v) is 13.9. The molecule has 0 heterocycles. The fraction of sp³-hybridized carbons (Fsp3) is 0.222. The van der Waals surface area contributed by atoms with Gasteiger partial charge in [-0.15, -0.1) is 0 Å². The highest BCUT2D eigenvalue weighted by Crippen LogP contribution is 2.13. The van der Waals surface area contributed by atoms with Crippen LogP contribution < -0.4 is 15.6 Å². The molecule has 0 spiro atoms. The van der Waals surface area contributed by atoms with Crippen LogP contribution in [0, 0.1) is 5.82 Å². The number of carbonyl (C=O) groups excluding carboxylic acids is 2. The third-order valence-electron chi connectivity index (χ3n) is 3.30. The van der Waals surface area contributed by atoms with Crippen molar-refractivity contribution in [1.29, 1.82) is 0 Å². The molecule has 0 aliphatic carbocycles. The summed E-state index contributed by atoms with van der Waals surface area (Å²) in [6, 6.07) is 12.1. The van der Waals surface area contributed by atoms with Crippen LogP contribution in [-0.4, -0.2) is 25.0 Å². The highest BCUT2D eigenvalue weighted by Gasteiger charge is 2.16. The first-order chi connectivity index (χ1) is 12.0. The molecule has 7 heteroatoms. The van der Waals surface area contributed by atoms with E-state index in [2.05, 4.69) is 10.9 Å². The van der Waals surface area contributed by atoms with E-state index in [9.17, 15) is 14.0 Å². The number of methoxy groups -OCH3 is 1. The summed E-state index contributed by atoms with van der Waals surface area (Å²) in [6.07, 6.45) is -0.870. The van der Waals surface area contributed by atoms with Gasteiger partial charge in [0.15, 0.2) is 6.10 Å². The number of hydrazine groups is 1. The molecule has 0 saturated carbocycles. The Balaban J connectivity index is 1.86. The Labute approximate surface area is 144 Å². The molecule has 2 aromatic rings. The SMILES string of the molecule is COCc1cccc(C(=O)NNC(=O)[C@@H](C)Oc2ccc(F)cc2)c1. The van der Waals surface area contributed by atoms with Crippen molar-refractivity contribution in [3.8, 4) is 5.75 Å². The molecule has 2 N–H and O–H groups in total. The summed E-state index contributed by atoms with van der Waals surface area (Å²) in [5, 5.41) is 0. The Morgan fingerprint density at radius 2 is 1.84 bits per heavy atom. The number of hydrogen-bond donors (Lipinski definition) is 2. The van der Waals surface area contributed by atoms with E-state index in [4.69, 9.17) is 9.47 Å². The smallest absolute Gasteiger partial charge is 0.279 e. The second-order valence-electron chi connectivity index (χ2n) is 5.29. The second kappa shape index (κ2) is 8.79. The number of benzene rings is 2. The molecule has 0 radical (unpaired) electrons. The minimum absolute atomic E-state index is 0.350. The molecular weight excluding hydrogens is 327 g/mol. The third kappa shape index (κ3) is 5.58. The van der Waals surface area contributed by atoms with Crippen molar-refractivity contribution in [1.82, 2.24) is 10.9 Å². The van der Waals surface area contributed by atoms with E-state index in [0.29, 0.717) is 17.9 Å². The van der Waals surface area contributed by atoms with Gasteiger partial charge in [0.2, 0.25) is 0 Å². The van der Waals surface area contributed by atoms with Gasteiger partial charge in [-0.3, -0.25) is 20.4 Å². The van der Waals surface area contributed by atoms with Crippen LogP contribution in [0.5, 0.6) is 5.75 Å². The lowest BCUT2D eigenvalue weighted by molar-refractivity contribution is -0.128. The Hall–Kier alpha value is -2.93. The van der Waals surface area contributed by atoms with Gasteiger partial charge in [0.05, 0.1) is 6.61 Å². The molecule has 2 rings (SSSR count). The van der Waals surface area contributed by atoms with E-state index in [1.807, 2.05) is 6.07 Å². The number of ether oxygens (including phenoxy) is 2. The number of carbonyl (C=O) groups is 2. The number of halogens is 1. The first-order valence-electron chi connectivity index (χ1n) is 7.60. The van der Waals surface area contributed by atoms with Crippen LogP contribution in [-0.2, 0) is 16.1 Å². The molecule has 132 valence electrons. The molecule has 0 aliphatic rings. The average molecular weight is 346 g/mol. The number of hydrogen-bond acceptors (Lipinski definition) is 4. The van der Waals surface area contributed by atoms with E-state index in [1.54, 1.807) is 25.3 Å². The Kier molecular flexibility index (Phi) is 6.47. The van der Waals surface area contributed by atoms with Crippen LogP contribution in [0.25, 0.3) is 0 Å². The predicted octanol–water partition coefficient (Wildman–Crippen LogP) is 2.20. The van der Waals surface area contributed by atoms with Gasteiger partial charge in [-0.05, 0) is 48.9 Å². The van der Waals surface area contributed by atoms with E-state index in [0.717, 1.165) is 5.56 Å². The van der Waals surface area contributed by atoms with Gasteiger partial charge < -0.3 is 9.47 Å². The molecule has 0 aliphatic heterocycles. The van der Waals surface area contributed by atoms with Gasteiger partial charge in [-0.1, -0.05) is 12.1 Å². The third-order valence-corrected chi connectivity index (χ3v) is 3.30. The summed E-state index contributed by atoms with van der Waals surface area (Å²) in [4.78, 5) is 24.0. The van der Waals surface area contributed by atoms with Gasteiger partial charge in [0, 0.05) is 12.7 Å². The largest absolute Gasteiger partial charge is 0.481 e. The highest BCUT2D eigenvalue weighted by atomic mass is 19.1. The lowest BCUT2D eigenvalue weighted by Gasteiger charge is -2.15. The topological polar surface area (TPSA) is 76.7 Å². The van der Waals surface area contributed by atoms with Gasteiger partial charge in [-0.2, -0.15) is 0 Å². The van der Waals surface area contributed by atoms with Crippen LogP contribution in [0.15, 0.2) is 48.5 Å². The average Bonchev–Trinajstić information content (AvgIpc) is 2.61. The van der Waals surface area contributed by atoms with Crippen molar-refractivity contribution in [3.63, 3.8) is 0 Å². The molecule has 1 atom stereocenters. The maximum absolute atomic E-state index is 12.8. The number of amides is 2. The molecular formula is C18H19FN2O4. The minimum Gasteiger partial charge on any atom is -0.481 e. The summed E-state index contributed by atoms with van der Waals surface area (Å²) < 4.78 is 23.2. The van der Waals surface area contributed by atoms with Crippen molar-refractivity contribution in [2.24, 2.45) is 0 Å². The maximum Gasteiger partial charge on any atom is 0.279 e. The zero-order valence-electron chi connectivity index (χ0n) is 13.9. The Bertz CT molecular complexity index is 734. The normalized spacial score (nSPS) is 11.5. The van der Waals surface area contributed by atoms with Crippen molar-refractivity contribution < 1.29 is 23.5 Å². The lowest BCUT2D eigenvalue weighted by Crippen LogP contribution is -2.47. The molecule has 0 unspecified atom stereocenters. The molecule has 0 fully saturated rings. The quantitative estimate of drug-likeness (QED) is 0.786. The van der Waals surface area contributed by atoms with Gasteiger partial charge in [0.25, 0.3) is 11.8 Å². The van der Waals surface area contributed by atoms with Crippen LogP contribution in [0.1, 0.15) is 22.8 Å². The highest BCUT2D eigenvalue weighted by molar-refractivity contribution is 5.95. The predicted molar refractivity (Wildman–Crippen MR) is 89.3 cm³/mol. The molecule has 6 nitrogen and oxygen atoms in total. The van der Waals surface area contributed by atoms with E-state index in [-0.39, 0.29) is 0 Å².